The predicted octanol–water partition coefficient (Wildman–Crippen LogP) is 1.65. The lowest BCUT2D eigenvalue weighted by Crippen LogP contribution is -2.33. The van der Waals surface area contributed by atoms with Crippen LogP contribution in [0.3, 0.4) is 0 Å². The van der Waals surface area contributed by atoms with Crippen LogP contribution in [-0.2, 0) is 4.79 Å². The molecule has 1 amide bonds. The highest BCUT2D eigenvalue weighted by Gasteiger charge is 2.23. The average Bonchev–Trinajstić information content (AvgIpc) is 2.74. The Labute approximate surface area is 106 Å². The molecule has 2 N–H and O–H groups in total. The number of carbonyl (C=O) groups is 1. The first-order chi connectivity index (χ1) is 8.16. The Morgan fingerprint density at radius 2 is 2.29 bits per heavy atom. The third-order valence-corrected chi connectivity index (χ3v) is 4.18. The van der Waals surface area contributed by atoms with E-state index in [1.54, 1.807) is 11.8 Å². The minimum atomic E-state index is 0.169. The Hall–Kier alpha value is -1.00. The largest absolute Gasteiger partial charge is 0.340 e. The van der Waals surface area contributed by atoms with Crippen molar-refractivity contribution in [1.29, 1.82) is 0 Å². The number of aryl methyl sites for hydroxylation is 1. The molecule has 0 aliphatic carbocycles. The van der Waals surface area contributed by atoms with Crippen molar-refractivity contribution in [2.75, 3.05) is 18.8 Å². The van der Waals surface area contributed by atoms with Gasteiger partial charge in [0, 0.05) is 24.0 Å². The van der Waals surface area contributed by atoms with Crippen molar-refractivity contribution >= 4 is 17.7 Å². The molecule has 0 radical (unpaired) electrons. The lowest BCUT2D eigenvalue weighted by Gasteiger charge is -2.15. The molecule has 2 rings (SSSR count). The Morgan fingerprint density at radius 3 is 2.94 bits per heavy atom. The minimum Gasteiger partial charge on any atom is -0.340 e. The van der Waals surface area contributed by atoms with Gasteiger partial charge in [-0.1, -0.05) is 18.2 Å². The molecule has 1 aromatic carbocycles. The Balaban J connectivity index is 1.86. The van der Waals surface area contributed by atoms with Gasteiger partial charge in [0.15, 0.2) is 0 Å². The van der Waals surface area contributed by atoms with Gasteiger partial charge in [0.25, 0.3) is 0 Å². The van der Waals surface area contributed by atoms with Gasteiger partial charge in [-0.05, 0) is 25.0 Å². The summed E-state index contributed by atoms with van der Waals surface area (Å²) in [5, 5.41) is 0. The molecule has 1 aliphatic rings. The van der Waals surface area contributed by atoms with Gasteiger partial charge in [0.05, 0.1) is 5.75 Å². The van der Waals surface area contributed by atoms with Gasteiger partial charge in [0.1, 0.15) is 0 Å². The average molecular weight is 250 g/mol. The van der Waals surface area contributed by atoms with Crippen LogP contribution in [0.15, 0.2) is 29.2 Å². The summed E-state index contributed by atoms with van der Waals surface area (Å²) in [6.07, 6.45) is 0.931. The summed E-state index contributed by atoms with van der Waals surface area (Å²) in [5.74, 6) is 0.712. The maximum Gasteiger partial charge on any atom is 0.232 e. The standard InChI is InChI=1S/C13H18N2OS/c1-10-4-2-3-5-12(10)17-9-13(16)15-7-6-11(14)8-15/h2-5,11H,6-9,14H2,1H3/t11-/m1/s1. The van der Waals surface area contributed by atoms with E-state index in [9.17, 15) is 4.79 Å². The van der Waals surface area contributed by atoms with E-state index in [1.807, 2.05) is 17.0 Å². The van der Waals surface area contributed by atoms with E-state index in [4.69, 9.17) is 5.73 Å². The van der Waals surface area contributed by atoms with Gasteiger partial charge in [-0.3, -0.25) is 4.79 Å². The second-order valence-corrected chi connectivity index (χ2v) is 5.46. The quantitative estimate of drug-likeness (QED) is 0.830. The van der Waals surface area contributed by atoms with Gasteiger partial charge in [-0.2, -0.15) is 0 Å². The molecule has 1 atom stereocenters. The highest BCUT2D eigenvalue weighted by atomic mass is 32.2. The summed E-state index contributed by atoms with van der Waals surface area (Å²) in [6.45, 7) is 3.60. The molecular formula is C13H18N2OS. The van der Waals surface area contributed by atoms with Crippen LogP contribution >= 0.6 is 11.8 Å². The fourth-order valence-electron chi connectivity index (χ4n) is 1.96. The Bertz CT molecular complexity index is 408. The smallest absolute Gasteiger partial charge is 0.232 e. The first-order valence-electron chi connectivity index (χ1n) is 5.88. The lowest BCUT2D eigenvalue weighted by atomic mass is 10.2. The van der Waals surface area contributed by atoms with Crippen molar-refractivity contribution in [3.05, 3.63) is 29.8 Å². The molecule has 0 spiro atoms. The van der Waals surface area contributed by atoms with Crippen LogP contribution in [0.5, 0.6) is 0 Å². The zero-order valence-electron chi connectivity index (χ0n) is 10.1. The zero-order valence-corrected chi connectivity index (χ0v) is 10.9. The first kappa shape index (κ1) is 12.5. The number of nitrogens with two attached hydrogens (primary N) is 1. The third-order valence-electron chi connectivity index (χ3n) is 3.02. The number of nitrogens with zero attached hydrogens (tertiary/aromatic N) is 1. The fraction of sp³-hybridized carbons (Fsp3) is 0.462. The molecule has 4 heteroatoms. The lowest BCUT2D eigenvalue weighted by molar-refractivity contribution is -0.127. The normalized spacial score (nSPS) is 19.6. The van der Waals surface area contributed by atoms with Crippen LogP contribution in [0.2, 0.25) is 0 Å². The monoisotopic (exact) mass is 250 g/mol. The van der Waals surface area contributed by atoms with Crippen molar-refractivity contribution in [1.82, 2.24) is 4.90 Å². The van der Waals surface area contributed by atoms with Crippen LogP contribution in [0.25, 0.3) is 0 Å². The number of amides is 1. The number of hydrogen-bond acceptors (Lipinski definition) is 3. The number of carbonyl (C=O) groups excluding carboxylic acids is 1. The SMILES string of the molecule is Cc1ccccc1SCC(=O)N1CC[C@@H](N)C1. The molecule has 0 unspecified atom stereocenters. The first-order valence-corrected chi connectivity index (χ1v) is 6.87. The topological polar surface area (TPSA) is 46.3 Å². The molecule has 1 heterocycles. The molecule has 17 heavy (non-hydrogen) atoms. The summed E-state index contributed by atoms with van der Waals surface area (Å²) in [5.41, 5.74) is 7.02. The Kier molecular flexibility index (Phi) is 4.07. The second-order valence-electron chi connectivity index (χ2n) is 4.44. The van der Waals surface area contributed by atoms with Crippen LogP contribution in [0.4, 0.5) is 0 Å². The summed E-state index contributed by atoms with van der Waals surface area (Å²) in [6, 6.07) is 8.32. The highest BCUT2D eigenvalue weighted by Crippen LogP contribution is 2.22. The summed E-state index contributed by atoms with van der Waals surface area (Å²) in [7, 11) is 0. The maximum atomic E-state index is 11.9. The molecule has 1 aromatic rings. The highest BCUT2D eigenvalue weighted by molar-refractivity contribution is 8.00. The van der Waals surface area contributed by atoms with Gasteiger partial charge in [0.2, 0.25) is 5.91 Å². The molecule has 92 valence electrons. The van der Waals surface area contributed by atoms with Gasteiger partial charge in [-0.15, -0.1) is 11.8 Å². The van der Waals surface area contributed by atoms with Crippen molar-refractivity contribution in [3.8, 4) is 0 Å². The summed E-state index contributed by atoms with van der Waals surface area (Å²) in [4.78, 5) is 15.0. The third kappa shape index (κ3) is 3.23. The van der Waals surface area contributed by atoms with Crippen LogP contribution < -0.4 is 5.73 Å². The van der Waals surface area contributed by atoms with Crippen LogP contribution in [0, 0.1) is 6.92 Å². The summed E-state index contributed by atoms with van der Waals surface area (Å²) < 4.78 is 0. The molecule has 1 fully saturated rings. The Morgan fingerprint density at radius 1 is 1.53 bits per heavy atom. The van der Waals surface area contributed by atoms with E-state index in [1.165, 1.54) is 10.5 Å². The molecular weight excluding hydrogens is 232 g/mol. The second kappa shape index (κ2) is 5.56. The van der Waals surface area contributed by atoms with Crippen molar-refractivity contribution < 1.29 is 4.79 Å². The van der Waals surface area contributed by atoms with E-state index in [0.717, 1.165) is 13.0 Å². The molecule has 1 saturated heterocycles. The van der Waals surface area contributed by atoms with E-state index < -0.39 is 0 Å². The van der Waals surface area contributed by atoms with Gasteiger partial charge in [-0.25, -0.2) is 0 Å². The zero-order chi connectivity index (χ0) is 12.3. The molecule has 0 saturated carbocycles. The number of hydrogen-bond donors (Lipinski definition) is 1. The van der Waals surface area contributed by atoms with Gasteiger partial charge >= 0.3 is 0 Å². The van der Waals surface area contributed by atoms with E-state index in [-0.39, 0.29) is 11.9 Å². The number of likely N-dealkylation sites (tertiary alicyclic amines) is 1. The van der Waals surface area contributed by atoms with Crippen molar-refractivity contribution in [3.63, 3.8) is 0 Å². The van der Waals surface area contributed by atoms with Crippen LogP contribution in [-0.4, -0.2) is 35.7 Å². The van der Waals surface area contributed by atoms with Crippen LogP contribution in [0.1, 0.15) is 12.0 Å². The maximum absolute atomic E-state index is 11.9. The van der Waals surface area contributed by atoms with Gasteiger partial charge < -0.3 is 10.6 Å². The molecule has 1 aliphatic heterocycles. The predicted molar refractivity (Wildman–Crippen MR) is 71.1 cm³/mol. The molecule has 3 nitrogen and oxygen atoms in total. The minimum absolute atomic E-state index is 0.169. The van der Waals surface area contributed by atoms with E-state index in [0.29, 0.717) is 12.3 Å². The molecule has 0 aromatic heterocycles. The number of thioether (sulfide) groups is 1. The van der Waals surface area contributed by atoms with E-state index >= 15 is 0 Å². The van der Waals surface area contributed by atoms with E-state index in [2.05, 4.69) is 19.1 Å². The fourth-order valence-corrected chi connectivity index (χ4v) is 2.90. The molecule has 0 bridgehead atoms. The van der Waals surface area contributed by atoms with Crippen molar-refractivity contribution in [2.45, 2.75) is 24.3 Å². The van der Waals surface area contributed by atoms with Crippen molar-refractivity contribution in [2.24, 2.45) is 5.73 Å². The number of rotatable bonds is 3. The number of benzene rings is 1. The summed E-state index contributed by atoms with van der Waals surface area (Å²) >= 11 is 1.61.